The number of benzene rings is 1. The summed E-state index contributed by atoms with van der Waals surface area (Å²) >= 11 is 5.99. The summed E-state index contributed by atoms with van der Waals surface area (Å²) in [4.78, 5) is 4.05. The van der Waals surface area contributed by atoms with Crippen LogP contribution in [0.15, 0.2) is 36.9 Å². The SMILES string of the molecule is CCCCC1OCC(C)(C(O)C(Cc2ccc(Cl)cc2)n2cncn2)CO1. The summed E-state index contributed by atoms with van der Waals surface area (Å²) in [6, 6.07) is 7.37. The molecular formula is C20H28ClN3O3. The molecule has 0 amide bonds. The second kappa shape index (κ2) is 9.15. The lowest BCUT2D eigenvalue weighted by Gasteiger charge is -2.43. The van der Waals surface area contributed by atoms with Gasteiger partial charge in [-0.3, -0.25) is 0 Å². The van der Waals surface area contributed by atoms with Crippen LogP contribution in [-0.2, 0) is 15.9 Å². The zero-order chi connectivity index (χ0) is 19.3. The fraction of sp³-hybridized carbons (Fsp3) is 0.600. The summed E-state index contributed by atoms with van der Waals surface area (Å²) in [6.07, 6.45) is 5.92. The summed E-state index contributed by atoms with van der Waals surface area (Å²) in [5, 5.41) is 16.2. The van der Waals surface area contributed by atoms with Crippen molar-refractivity contribution in [2.24, 2.45) is 5.41 Å². The van der Waals surface area contributed by atoms with E-state index in [1.807, 2.05) is 31.2 Å². The highest BCUT2D eigenvalue weighted by molar-refractivity contribution is 6.30. The maximum absolute atomic E-state index is 11.3. The topological polar surface area (TPSA) is 69.4 Å². The van der Waals surface area contributed by atoms with Crippen LogP contribution in [-0.4, -0.2) is 45.5 Å². The third-order valence-electron chi connectivity index (χ3n) is 5.20. The maximum Gasteiger partial charge on any atom is 0.157 e. The van der Waals surface area contributed by atoms with Crippen LogP contribution in [0.2, 0.25) is 5.02 Å². The minimum absolute atomic E-state index is 0.175. The summed E-state index contributed by atoms with van der Waals surface area (Å²) in [5.74, 6) is 0. The number of aliphatic hydroxyl groups is 1. The van der Waals surface area contributed by atoms with Gasteiger partial charge >= 0.3 is 0 Å². The molecule has 0 saturated carbocycles. The number of aliphatic hydroxyl groups excluding tert-OH is 1. The Morgan fingerprint density at radius 2 is 2.00 bits per heavy atom. The van der Waals surface area contributed by atoms with Crippen molar-refractivity contribution in [1.29, 1.82) is 0 Å². The van der Waals surface area contributed by atoms with E-state index in [0.717, 1.165) is 24.8 Å². The molecule has 1 aromatic carbocycles. The number of aromatic nitrogens is 3. The van der Waals surface area contributed by atoms with E-state index < -0.39 is 11.5 Å². The van der Waals surface area contributed by atoms with Gasteiger partial charge in [-0.2, -0.15) is 5.10 Å². The largest absolute Gasteiger partial charge is 0.390 e. The van der Waals surface area contributed by atoms with Crippen molar-refractivity contribution in [3.8, 4) is 0 Å². The first kappa shape index (κ1) is 20.3. The molecule has 0 radical (unpaired) electrons. The molecule has 2 unspecified atom stereocenters. The highest BCUT2D eigenvalue weighted by Crippen LogP contribution is 2.35. The number of halogens is 1. The lowest BCUT2D eigenvalue weighted by Crippen LogP contribution is -2.50. The number of rotatable bonds is 8. The Balaban J connectivity index is 1.73. The Kier molecular flexibility index (Phi) is 6.87. The molecule has 1 fully saturated rings. The molecule has 0 aliphatic carbocycles. The van der Waals surface area contributed by atoms with Gasteiger partial charge in [0.1, 0.15) is 12.7 Å². The standard InChI is InChI=1S/C20H28ClN3O3/c1-3-4-5-18-26-11-20(2,12-27-18)19(25)17(24-14-22-13-23-24)10-15-6-8-16(21)9-7-15/h6-9,13-14,17-19,25H,3-5,10-12H2,1-2H3. The monoisotopic (exact) mass is 393 g/mol. The molecule has 3 rings (SSSR count). The Morgan fingerprint density at radius 1 is 1.30 bits per heavy atom. The maximum atomic E-state index is 11.3. The zero-order valence-corrected chi connectivity index (χ0v) is 16.7. The number of nitrogens with zero attached hydrogens (tertiary/aromatic N) is 3. The molecule has 2 heterocycles. The predicted octanol–water partition coefficient (Wildman–Crippen LogP) is 3.65. The molecular weight excluding hydrogens is 366 g/mol. The van der Waals surface area contributed by atoms with Gasteiger partial charge in [0.05, 0.1) is 25.4 Å². The van der Waals surface area contributed by atoms with E-state index in [-0.39, 0.29) is 12.3 Å². The van der Waals surface area contributed by atoms with Gasteiger partial charge in [0.25, 0.3) is 0 Å². The van der Waals surface area contributed by atoms with Gasteiger partial charge in [-0.15, -0.1) is 0 Å². The van der Waals surface area contributed by atoms with E-state index in [1.54, 1.807) is 11.0 Å². The molecule has 0 bridgehead atoms. The summed E-state index contributed by atoms with van der Waals surface area (Å²) in [7, 11) is 0. The lowest BCUT2D eigenvalue weighted by atomic mass is 9.79. The molecule has 0 spiro atoms. The van der Waals surface area contributed by atoms with Crippen LogP contribution in [0.5, 0.6) is 0 Å². The van der Waals surface area contributed by atoms with Crippen LogP contribution in [0.25, 0.3) is 0 Å². The van der Waals surface area contributed by atoms with Crippen LogP contribution in [0.4, 0.5) is 0 Å². The summed E-state index contributed by atoms with van der Waals surface area (Å²) in [5.41, 5.74) is 0.548. The first-order valence-corrected chi connectivity index (χ1v) is 9.89. The van der Waals surface area contributed by atoms with E-state index >= 15 is 0 Å². The molecule has 2 atom stereocenters. The Labute approximate surface area is 165 Å². The molecule has 1 aliphatic rings. The van der Waals surface area contributed by atoms with Gasteiger partial charge in [0.2, 0.25) is 0 Å². The average Bonchev–Trinajstić information content (AvgIpc) is 3.21. The van der Waals surface area contributed by atoms with E-state index in [1.165, 1.54) is 6.33 Å². The Morgan fingerprint density at radius 3 is 2.59 bits per heavy atom. The van der Waals surface area contributed by atoms with Gasteiger partial charge in [0, 0.05) is 10.4 Å². The first-order chi connectivity index (χ1) is 13.0. The fourth-order valence-electron chi connectivity index (χ4n) is 3.43. The third-order valence-corrected chi connectivity index (χ3v) is 5.46. The van der Waals surface area contributed by atoms with Crippen molar-refractivity contribution in [3.05, 3.63) is 47.5 Å². The molecule has 6 nitrogen and oxygen atoms in total. The molecule has 1 N–H and O–H groups in total. The van der Waals surface area contributed by atoms with Crippen LogP contribution in [0.1, 0.15) is 44.7 Å². The van der Waals surface area contributed by atoms with Crippen molar-refractivity contribution in [1.82, 2.24) is 14.8 Å². The molecule has 2 aromatic rings. The minimum atomic E-state index is -0.706. The minimum Gasteiger partial charge on any atom is -0.390 e. The van der Waals surface area contributed by atoms with E-state index in [9.17, 15) is 5.11 Å². The molecule has 1 saturated heterocycles. The molecule has 148 valence electrons. The van der Waals surface area contributed by atoms with Crippen LogP contribution < -0.4 is 0 Å². The van der Waals surface area contributed by atoms with Crippen molar-refractivity contribution in [2.75, 3.05) is 13.2 Å². The normalized spacial score (nSPS) is 25.3. The number of hydrogen-bond acceptors (Lipinski definition) is 5. The van der Waals surface area contributed by atoms with Gasteiger partial charge in [0.15, 0.2) is 6.29 Å². The molecule has 1 aliphatic heterocycles. The highest BCUT2D eigenvalue weighted by atomic mass is 35.5. The lowest BCUT2D eigenvalue weighted by molar-refractivity contribution is -0.251. The van der Waals surface area contributed by atoms with Crippen LogP contribution in [0, 0.1) is 5.41 Å². The van der Waals surface area contributed by atoms with Crippen molar-refractivity contribution >= 4 is 11.6 Å². The molecule has 1 aromatic heterocycles. The van der Waals surface area contributed by atoms with E-state index in [2.05, 4.69) is 17.0 Å². The van der Waals surface area contributed by atoms with Gasteiger partial charge in [-0.05, 0) is 37.0 Å². The number of ether oxygens (including phenoxy) is 2. The molecule has 7 heteroatoms. The third kappa shape index (κ3) is 5.08. The summed E-state index contributed by atoms with van der Waals surface area (Å²) < 4.78 is 13.5. The van der Waals surface area contributed by atoms with Crippen molar-refractivity contribution in [3.63, 3.8) is 0 Å². The zero-order valence-electron chi connectivity index (χ0n) is 15.9. The average molecular weight is 394 g/mol. The highest BCUT2D eigenvalue weighted by Gasteiger charge is 2.43. The van der Waals surface area contributed by atoms with Gasteiger partial charge < -0.3 is 14.6 Å². The van der Waals surface area contributed by atoms with Gasteiger partial charge in [-0.1, -0.05) is 44.0 Å². The Bertz CT molecular complexity index is 685. The second-order valence-electron chi connectivity index (χ2n) is 7.57. The number of hydrogen-bond donors (Lipinski definition) is 1. The van der Waals surface area contributed by atoms with Crippen molar-refractivity contribution < 1.29 is 14.6 Å². The smallest absolute Gasteiger partial charge is 0.157 e. The summed E-state index contributed by atoms with van der Waals surface area (Å²) in [6.45, 7) is 5.05. The fourth-order valence-corrected chi connectivity index (χ4v) is 3.56. The van der Waals surface area contributed by atoms with Crippen molar-refractivity contribution in [2.45, 2.75) is 58.0 Å². The van der Waals surface area contributed by atoms with E-state index in [4.69, 9.17) is 21.1 Å². The van der Waals surface area contributed by atoms with Gasteiger partial charge in [-0.25, -0.2) is 9.67 Å². The van der Waals surface area contributed by atoms with Crippen LogP contribution >= 0.6 is 11.6 Å². The predicted molar refractivity (Wildman–Crippen MR) is 104 cm³/mol. The Hall–Kier alpha value is -1.47. The first-order valence-electron chi connectivity index (χ1n) is 9.51. The molecule has 27 heavy (non-hydrogen) atoms. The van der Waals surface area contributed by atoms with E-state index in [0.29, 0.717) is 24.7 Å². The van der Waals surface area contributed by atoms with Crippen LogP contribution in [0.3, 0.4) is 0 Å². The quantitative estimate of drug-likeness (QED) is 0.741. The second-order valence-corrected chi connectivity index (χ2v) is 8.00. The number of unbranched alkanes of at least 4 members (excludes halogenated alkanes) is 1.